The first-order chi connectivity index (χ1) is 8.01. The number of hydrogen-bond donors (Lipinski definition) is 2. The normalized spacial score (nSPS) is 18.2. The molecule has 1 amide bonds. The van der Waals surface area contributed by atoms with Gasteiger partial charge in [0.2, 0.25) is 5.91 Å². The van der Waals surface area contributed by atoms with Crippen LogP contribution >= 0.6 is 24.0 Å². The Morgan fingerprint density at radius 3 is 2.67 bits per heavy atom. The van der Waals surface area contributed by atoms with E-state index in [1.54, 1.807) is 0 Å². The molecule has 1 saturated carbocycles. The zero-order chi connectivity index (χ0) is 12.5. The van der Waals surface area contributed by atoms with Crippen molar-refractivity contribution in [2.45, 2.75) is 37.8 Å². The SMILES string of the molecule is C[C@@H](NC(=O)C1(N)CCC1)c1cccc(Cl)c1.Cl. The van der Waals surface area contributed by atoms with Crippen LogP contribution in [-0.2, 0) is 4.79 Å². The molecule has 0 aromatic heterocycles. The van der Waals surface area contributed by atoms with Gasteiger partial charge in [-0.15, -0.1) is 12.4 Å². The minimum atomic E-state index is -0.646. The minimum Gasteiger partial charge on any atom is -0.348 e. The van der Waals surface area contributed by atoms with Gasteiger partial charge in [0.15, 0.2) is 0 Å². The van der Waals surface area contributed by atoms with E-state index in [1.165, 1.54) is 0 Å². The molecule has 5 heteroatoms. The Kier molecular flexibility index (Phi) is 5.02. The molecule has 0 heterocycles. The van der Waals surface area contributed by atoms with Gasteiger partial charge in [-0.25, -0.2) is 0 Å². The lowest BCUT2D eigenvalue weighted by molar-refractivity contribution is -0.129. The third kappa shape index (κ3) is 3.16. The first-order valence-corrected chi connectivity index (χ1v) is 6.24. The lowest BCUT2D eigenvalue weighted by atomic mass is 9.77. The molecule has 1 atom stereocenters. The van der Waals surface area contributed by atoms with Crippen molar-refractivity contribution < 1.29 is 4.79 Å². The van der Waals surface area contributed by atoms with Crippen LogP contribution in [0.3, 0.4) is 0 Å². The second-order valence-corrected chi connectivity index (χ2v) is 5.20. The second kappa shape index (κ2) is 5.91. The van der Waals surface area contributed by atoms with E-state index in [-0.39, 0.29) is 24.4 Å². The third-order valence-corrected chi connectivity index (χ3v) is 3.63. The van der Waals surface area contributed by atoms with Gasteiger partial charge >= 0.3 is 0 Å². The first-order valence-electron chi connectivity index (χ1n) is 5.86. The Hall–Kier alpha value is -0.770. The molecule has 0 radical (unpaired) electrons. The summed E-state index contributed by atoms with van der Waals surface area (Å²) in [5, 5.41) is 3.62. The average molecular weight is 289 g/mol. The van der Waals surface area contributed by atoms with Crippen molar-refractivity contribution in [3.63, 3.8) is 0 Å². The van der Waals surface area contributed by atoms with Gasteiger partial charge in [-0.3, -0.25) is 4.79 Å². The topological polar surface area (TPSA) is 55.1 Å². The van der Waals surface area contributed by atoms with Crippen LogP contribution in [0.2, 0.25) is 5.02 Å². The zero-order valence-corrected chi connectivity index (χ0v) is 11.9. The van der Waals surface area contributed by atoms with Crippen LogP contribution < -0.4 is 11.1 Å². The summed E-state index contributed by atoms with van der Waals surface area (Å²) >= 11 is 5.92. The summed E-state index contributed by atoms with van der Waals surface area (Å²) in [5.41, 5.74) is 6.31. The Balaban J connectivity index is 0.00000162. The van der Waals surface area contributed by atoms with E-state index in [9.17, 15) is 4.79 Å². The highest BCUT2D eigenvalue weighted by molar-refractivity contribution is 6.30. The van der Waals surface area contributed by atoms with Gasteiger partial charge in [0.1, 0.15) is 0 Å². The zero-order valence-electron chi connectivity index (χ0n) is 10.3. The van der Waals surface area contributed by atoms with Crippen LogP contribution in [0.4, 0.5) is 0 Å². The second-order valence-electron chi connectivity index (χ2n) is 4.76. The number of nitrogens with two attached hydrogens (primary N) is 1. The van der Waals surface area contributed by atoms with E-state index in [4.69, 9.17) is 17.3 Å². The number of nitrogens with one attached hydrogen (secondary N) is 1. The fourth-order valence-corrected chi connectivity index (χ4v) is 2.18. The van der Waals surface area contributed by atoms with Crippen LogP contribution in [0.15, 0.2) is 24.3 Å². The smallest absolute Gasteiger partial charge is 0.240 e. The summed E-state index contributed by atoms with van der Waals surface area (Å²) in [5.74, 6) is -0.0591. The summed E-state index contributed by atoms with van der Waals surface area (Å²) in [4.78, 5) is 11.9. The number of halogens is 2. The van der Waals surface area contributed by atoms with Crippen LogP contribution in [-0.4, -0.2) is 11.4 Å². The van der Waals surface area contributed by atoms with Crippen molar-refractivity contribution in [1.82, 2.24) is 5.32 Å². The van der Waals surface area contributed by atoms with Gasteiger partial charge in [0, 0.05) is 5.02 Å². The summed E-state index contributed by atoms with van der Waals surface area (Å²) < 4.78 is 0. The number of hydrogen-bond acceptors (Lipinski definition) is 2. The Bertz CT molecular complexity index is 433. The maximum Gasteiger partial charge on any atom is 0.240 e. The number of amides is 1. The largest absolute Gasteiger partial charge is 0.348 e. The molecular weight excluding hydrogens is 271 g/mol. The monoisotopic (exact) mass is 288 g/mol. The highest BCUT2D eigenvalue weighted by Crippen LogP contribution is 2.30. The first kappa shape index (κ1) is 15.3. The molecule has 100 valence electrons. The lowest BCUT2D eigenvalue weighted by Crippen LogP contribution is -2.58. The van der Waals surface area contributed by atoms with Crippen LogP contribution in [0.1, 0.15) is 37.8 Å². The van der Waals surface area contributed by atoms with Gasteiger partial charge in [-0.2, -0.15) is 0 Å². The van der Waals surface area contributed by atoms with Crippen LogP contribution in [0.5, 0.6) is 0 Å². The molecule has 1 aromatic rings. The molecule has 0 aliphatic heterocycles. The fourth-order valence-electron chi connectivity index (χ4n) is 1.98. The van der Waals surface area contributed by atoms with Crippen LogP contribution in [0, 0.1) is 0 Å². The van der Waals surface area contributed by atoms with Crippen molar-refractivity contribution >= 4 is 29.9 Å². The van der Waals surface area contributed by atoms with E-state index >= 15 is 0 Å². The molecule has 0 spiro atoms. The molecule has 3 nitrogen and oxygen atoms in total. The fraction of sp³-hybridized carbons (Fsp3) is 0.462. The van der Waals surface area contributed by atoms with E-state index < -0.39 is 5.54 Å². The van der Waals surface area contributed by atoms with Gasteiger partial charge in [0.25, 0.3) is 0 Å². The number of benzene rings is 1. The summed E-state index contributed by atoms with van der Waals surface area (Å²) in [7, 11) is 0. The standard InChI is InChI=1S/C13H17ClN2O.ClH/c1-9(10-4-2-5-11(14)8-10)16-12(17)13(15)6-3-7-13;/h2,4-5,8-9H,3,6-7,15H2,1H3,(H,16,17);1H/t9-;/m1./s1. The summed E-state index contributed by atoms with van der Waals surface area (Å²) in [6.07, 6.45) is 2.59. The maximum absolute atomic E-state index is 11.9. The molecule has 1 aliphatic carbocycles. The molecule has 0 saturated heterocycles. The lowest BCUT2D eigenvalue weighted by Gasteiger charge is -2.37. The molecule has 0 bridgehead atoms. The Morgan fingerprint density at radius 2 is 2.17 bits per heavy atom. The molecule has 1 aromatic carbocycles. The van der Waals surface area contributed by atoms with Gasteiger partial charge < -0.3 is 11.1 Å². The third-order valence-electron chi connectivity index (χ3n) is 3.39. The quantitative estimate of drug-likeness (QED) is 0.899. The average Bonchev–Trinajstić information content (AvgIpc) is 2.25. The molecule has 1 fully saturated rings. The van der Waals surface area contributed by atoms with Crippen molar-refractivity contribution in [3.8, 4) is 0 Å². The van der Waals surface area contributed by atoms with Crippen molar-refractivity contribution in [1.29, 1.82) is 0 Å². The summed E-state index contributed by atoms with van der Waals surface area (Å²) in [6, 6.07) is 7.43. The molecule has 1 aliphatic rings. The molecule has 0 unspecified atom stereocenters. The molecular formula is C13H18Cl2N2O. The van der Waals surface area contributed by atoms with E-state index in [0.717, 1.165) is 24.8 Å². The molecule has 2 rings (SSSR count). The van der Waals surface area contributed by atoms with Crippen molar-refractivity contribution in [2.75, 3.05) is 0 Å². The molecule has 18 heavy (non-hydrogen) atoms. The van der Waals surface area contributed by atoms with Gasteiger partial charge in [-0.1, -0.05) is 23.7 Å². The number of carbonyl (C=O) groups excluding carboxylic acids is 1. The number of rotatable bonds is 3. The Morgan fingerprint density at radius 1 is 1.50 bits per heavy atom. The van der Waals surface area contributed by atoms with E-state index in [0.29, 0.717) is 5.02 Å². The number of carbonyl (C=O) groups is 1. The van der Waals surface area contributed by atoms with Crippen molar-refractivity contribution in [2.24, 2.45) is 5.73 Å². The highest BCUT2D eigenvalue weighted by atomic mass is 35.5. The van der Waals surface area contributed by atoms with E-state index in [1.807, 2.05) is 31.2 Å². The predicted molar refractivity (Wildman–Crippen MR) is 76.0 cm³/mol. The summed E-state index contributed by atoms with van der Waals surface area (Å²) in [6.45, 7) is 1.94. The Labute approximate surface area is 118 Å². The van der Waals surface area contributed by atoms with Gasteiger partial charge in [0.05, 0.1) is 11.6 Å². The predicted octanol–water partition coefficient (Wildman–Crippen LogP) is 2.82. The maximum atomic E-state index is 11.9. The highest BCUT2D eigenvalue weighted by Gasteiger charge is 2.40. The molecule has 3 N–H and O–H groups in total. The minimum absolute atomic E-state index is 0. The van der Waals surface area contributed by atoms with Crippen molar-refractivity contribution in [3.05, 3.63) is 34.9 Å². The van der Waals surface area contributed by atoms with E-state index in [2.05, 4.69) is 5.32 Å². The van der Waals surface area contributed by atoms with Gasteiger partial charge in [-0.05, 0) is 43.9 Å². The van der Waals surface area contributed by atoms with Crippen LogP contribution in [0.25, 0.3) is 0 Å².